The Hall–Kier alpha value is -3.36. The Bertz CT molecular complexity index is 1040. The second kappa shape index (κ2) is 10.5. The monoisotopic (exact) mass is 456 g/mol. The van der Waals surface area contributed by atoms with Crippen LogP contribution in [0.1, 0.15) is 50.0 Å². The topological polar surface area (TPSA) is 143 Å². The van der Waals surface area contributed by atoms with Gasteiger partial charge in [0, 0.05) is 35.7 Å². The molecule has 0 bridgehead atoms. The molecule has 9 nitrogen and oxygen atoms in total. The number of hydrogen-bond acceptors (Lipinski definition) is 5. The molecule has 1 saturated heterocycles. The van der Waals surface area contributed by atoms with E-state index in [0.29, 0.717) is 30.8 Å². The SMILES string of the molecule is COc1cccc2[nH]c(C(=O)C[C@@H](CC(C)C)C(=O)N[C@@H](C[C@@H]3CCNC3=O)C(N)=O)cc12. The first-order chi connectivity index (χ1) is 15.7. The van der Waals surface area contributed by atoms with E-state index < -0.39 is 23.8 Å². The smallest absolute Gasteiger partial charge is 0.240 e. The average molecular weight is 457 g/mol. The van der Waals surface area contributed by atoms with Crippen molar-refractivity contribution in [2.75, 3.05) is 13.7 Å². The number of carbonyl (C=O) groups is 4. The van der Waals surface area contributed by atoms with Crippen molar-refractivity contribution >= 4 is 34.4 Å². The van der Waals surface area contributed by atoms with Gasteiger partial charge in [-0.25, -0.2) is 0 Å². The van der Waals surface area contributed by atoms with Crippen LogP contribution >= 0.6 is 0 Å². The number of nitrogens with one attached hydrogen (secondary N) is 3. The third-order valence-corrected chi connectivity index (χ3v) is 6.05. The van der Waals surface area contributed by atoms with Crippen LogP contribution in [-0.4, -0.2) is 48.2 Å². The first-order valence-electron chi connectivity index (χ1n) is 11.3. The minimum atomic E-state index is -0.964. The van der Waals surface area contributed by atoms with Gasteiger partial charge in [-0.3, -0.25) is 19.2 Å². The highest BCUT2D eigenvalue weighted by molar-refractivity contribution is 6.02. The fourth-order valence-electron chi connectivity index (χ4n) is 4.33. The molecule has 3 atom stereocenters. The van der Waals surface area contributed by atoms with Crippen molar-refractivity contribution in [1.82, 2.24) is 15.6 Å². The molecule has 0 unspecified atom stereocenters. The number of ether oxygens (including phenoxy) is 1. The van der Waals surface area contributed by atoms with Gasteiger partial charge in [0.2, 0.25) is 17.7 Å². The van der Waals surface area contributed by atoms with Crippen LogP contribution in [-0.2, 0) is 14.4 Å². The number of benzene rings is 1. The molecule has 1 aromatic heterocycles. The summed E-state index contributed by atoms with van der Waals surface area (Å²) in [5.41, 5.74) is 6.67. The maximum absolute atomic E-state index is 13.1. The van der Waals surface area contributed by atoms with Gasteiger partial charge >= 0.3 is 0 Å². The predicted octanol–water partition coefficient (Wildman–Crippen LogP) is 1.91. The van der Waals surface area contributed by atoms with Crippen LogP contribution in [0.15, 0.2) is 24.3 Å². The minimum Gasteiger partial charge on any atom is -0.496 e. The van der Waals surface area contributed by atoms with Crippen LogP contribution in [0.2, 0.25) is 0 Å². The number of aromatic amines is 1. The molecule has 5 N–H and O–H groups in total. The van der Waals surface area contributed by atoms with E-state index in [-0.39, 0.29) is 36.4 Å². The summed E-state index contributed by atoms with van der Waals surface area (Å²) in [5.74, 6) is -1.64. The summed E-state index contributed by atoms with van der Waals surface area (Å²) < 4.78 is 5.35. The fourth-order valence-corrected chi connectivity index (χ4v) is 4.33. The number of hydrogen-bond donors (Lipinski definition) is 4. The number of methoxy groups -OCH3 is 1. The molecular weight excluding hydrogens is 424 g/mol. The zero-order chi connectivity index (χ0) is 24.1. The van der Waals surface area contributed by atoms with E-state index in [2.05, 4.69) is 15.6 Å². The molecule has 0 saturated carbocycles. The Balaban J connectivity index is 1.74. The standard InChI is InChI=1S/C24H32N4O5/c1-13(2)9-15(24(32)28-19(22(25)30)10-14-7-8-26-23(14)31)11-20(29)18-12-16-17(27-18)5-4-6-21(16)33-3/h4-6,12-15,19,27H,7-11H2,1-3H3,(H2,25,30)(H,26,31)(H,28,32)/t14-,15+,19-/m0/s1. The molecule has 3 rings (SSSR count). The largest absolute Gasteiger partial charge is 0.496 e. The second-order valence-electron chi connectivity index (χ2n) is 9.03. The highest BCUT2D eigenvalue weighted by Gasteiger charge is 2.32. The van der Waals surface area contributed by atoms with Crippen LogP contribution < -0.4 is 21.1 Å². The number of nitrogens with two attached hydrogens (primary N) is 1. The van der Waals surface area contributed by atoms with Crippen LogP contribution in [0.4, 0.5) is 0 Å². The summed E-state index contributed by atoms with van der Waals surface area (Å²) in [4.78, 5) is 53.1. The van der Waals surface area contributed by atoms with Crippen molar-refractivity contribution in [2.24, 2.45) is 23.5 Å². The first-order valence-corrected chi connectivity index (χ1v) is 11.3. The van der Waals surface area contributed by atoms with Crippen LogP contribution in [0.25, 0.3) is 10.9 Å². The molecule has 3 amide bonds. The molecule has 2 heterocycles. The quantitative estimate of drug-likeness (QED) is 0.382. The predicted molar refractivity (Wildman–Crippen MR) is 124 cm³/mol. The zero-order valence-electron chi connectivity index (χ0n) is 19.3. The van der Waals surface area contributed by atoms with E-state index in [1.54, 1.807) is 13.2 Å². The summed E-state index contributed by atoms with van der Waals surface area (Å²) in [7, 11) is 1.57. The van der Waals surface area contributed by atoms with E-state index >= 15 is 0 Å². The number of aromatic nitrogens is 1. The van der Waals surface area contributed by atoms with Gasteiger partial charge in [0.05, 0.1) is 12.8 Å². The molecule has 1 aliphatic heterocycles. The number of carbonyl (C=O) groups excluding carboxylic acids is 4. The van der Waals surface area contributed by atoms with Gasteiger partial charge in [-0.1, -0.05) is 19.9 Å². The summed E-state index contributed by atoms with van der Waals surface area (Å²) in [5, 5.41) is 6.20. The van der Waals surface area contributed by atoms with Gasteiger partial charge < -0.3 is 26.1 Å². The van der Waals surface area contributed by atoms with Gasteiger partial charge in [-0.15, -0.1) is 0 Å². The van der Waals surface area contributed by atoms with E-state index in [0.717, 1.165) is 10.9 Å². The van der Waals surface area contributed by atoms with E-state index in [4.69, 9.17) is 10.5 Å². The highest BCUT2D eigenvalue weighted by atomic mass is 16.5. The number of Topliss-reactive ketones (excluding diaryl/α,β-unsaturated/α-hetero) is 1. The van der Waals surface area contributed by atoms with Crippen molar-refractivity contribution < 1.29 is 23.9 Å². The number of primary amides is 1. The van der Waals surface area contributed by atoms with E-state index in [1.165, 1.54) is 0 Å². The molecule has 1 aliphatic rings. The molecule has 1 aromatic carbocycles. The molecule has 1 fully saturated rings. The van der Waals surface area contributed by atoms with Gasteiger partial charge in [-0.05, 0) is 43.4 Å². The lowest BCUT2D eigenvalue weighted by molar-refractivity contribution is -0.131. The molecule has 2 aromatic rings. The Morgan fingerprint density at radius 3 is 2.64 bits per heavy atom. The maximum atomic E-state index is 13.1. The van der Waals surface area contributed by atoms with Crippen molar-refractivity contribution in [3.8, 4) is 5.75 Å². The second-order valence-corrected chi connectivity index (χ2v) is 9.03. The Kier molecular flexibility index (Phi) is 7.73. The zero-order valence-corrected chi connectivity index (χ0v) is 19.3. The first kappa shape index (κ1) is 24.3. The highest BCUT2D eigenvalue weighted by Crippen LogP contribution is 2.28. The van der Waals surface area contributed by atoms with E-state index in [9.17, 15) is 19.2 Å². The molecular formula is C24H32N4O5. The Labute approximate surface area is 192 Å². The lowest BCUT2D eigenvalue weighted by atomic mass is 9.90. The maximum Gasteiger partial charge on any atom is 0.240 e. The third kappa shape index (κ3) is 5.91. The summed E-state index contributed by atoms with van der Waals surface area (Å²) in [6, 6.07) is 6.26. The lowest BCUT2D eigenvalue weighted by Gasteiger charge is -2.23. The summed E-state index contributed by atoms with van der Waals surface area (Å²) in [6.45, 7) is 4.47. The van der Waals surface area contributed by atoms with Crippen molar-refractivity contribution in [3.63, 3.8) is 0 Å². The molecule has 178 valence electrons. The molecule has 0 aliphatic carbocycles. The third-order valence-electron chi connectivity index (χ3n) is 6.05. The van der Waals surface area contributed by atoms with E-state index in [1.807, 2.05) is 32.0 Å². The molecule has 0 spiro atoms. The summed E-state index contributed by atoms with van der Waals surface area (Å²) >= 11 is 0. The minimum absolute atomic E-state index is 0.0193. The number of amides is 3. The van der Waals surface area contributed by atoms with Crippen LogP contribution in [0.3, 0.4) is 0 Å². The van der Waals surface area contributed by atoms with Crippen molar-refractivity contribution in [3.05, 3.63) is 30.0 Å². The number of fused-ring (bicyclic) bond motifs is 1. The van der Waals surface area contributed by atoms with Crippen LogP contribution in [0, 0.1) is 17.8 Å². The van der Waals surface area contributed by atoms with Gasteiger partial charge in [0.1, 0.15) is 11.8 Å². The normalized spacial score (nSPS) is 17.6. The lowest BCUT2D eigenvalue weighted by Crippen LogP contribution is -2.48. The average Bonchev–Trinajstić information content (AvgIpc) is 3.38. The van der Waals surface area contributed by atoms with Crippen LogP contribution in [0.5, 0.6) is 5.75 Å². The Morgan fingerprint density at radius 1 is 1.27 bits per heavy atom. The molecule has 9 heteroatoms. The number of rotatable bonds is 11. The van der Waals surface area contributed by atoms with Crippen molar-refractivity contribution in [2.45, 2.75) is 45.6 Å². The van der Waals surface area contributed by atoms with Gasteiger partial charge in [0.25, 0.3) is 0 Å². The summed E-state index contributed by atoms with van der Waals surface area (Å²) in [6.07, 6.45) is 1.19. The van der Waals surface area contributed by atoms with Crippen molar-refractivity contribution in [1.29, 1.82) is 0 Å². The van der Waals surface area contributed by atoms with Gasteiger partial charge in [-0.2, -0.15) is 0 Å². The number of H-pyrrole nitrogens is 1. The van der Waals surface area contributed by atoms with Gasteiger partial charge in [0.15, 0.2) is 5.78 Å². The molecule has 33 heavy (non-hydrogen) atoms. The molecule has 0 radical (unpaired) electrons. The fraction of sp³-hybridized carbons (Fsp3) is 0.500. The Morgan fingerprint density at radius 2 is 2.03 bits per heavy atom. The number of ketones is 1.